The van der Waals surface area contributed by atoms with E-state index in [0.29, 0.717) is 0 Å². The van der Waals surface area contributed by atoms with Crippen molar-refractivity contribution in [2.45, 2.75) is 5.41 Å². The zero-order valence-corrected chi connectivity index (χ0v) is 22.4. The van der Waals surface area contributed by atoms with E-state index in [1.807, 2.05) is 65.1 Å². The molecular weight excluding hydrogens is 514 g/mol. The fraction of sp³-hybridized carbons (Fsp3) is 0.0256. The molecule has 0 fully saturated rings. The van der Waals surface area contributed by atoms with Crippen LogP contribution in [0.2, 0.25) is 0 Å². The van der Waals surface area contributed by atoms with Gasteiger partial charge in [0, 0.05) is 32.7 Å². The van der Waals surface area contributed by atoms with Crippen LogP contribution in [0.3, 0.4) is 0 Å². The van der Waals surface area contributed by atoms with Gasteiger partial charge in [0.2, 0.25) is 0 Å². The Morgan fingerprint density at radius 1 is 0.452 bits per heavy atom. The second-order valence-corrected chi connectivity index (χ2v) is 11.5. The molecule has 0 radical (unpaired) electrons. The lowest BCUT2D eigenvalue weighted by molar-refractivity contribution is 0.103. The van der Waals surface area contributed by atoms with Gasteiger partial charge in [-0.05, 0) is 50.9 Å². The number of para-hydroxylation sites is 1. The fourth-order valence-electron chi connectivity index (χ4n) is 8.26. The Morgan fingerprint density at radius 2 is 1.00 bits per heavy atom. The Balaban J connectivity index is 1.48. The zero-order chi connectivity index (χ0) is 27.7. The van der Waals surface area contributed by atoms with Crippen molar-refractivity contribution in [1.29, 1.82) is 0 Å². The Bertz CT molecular complexity index is 2520. The molecule has 0 N–H and O–H groups in total. The standard InChI is InChI=1S/C39H21NO2/c41-37-26-13-4-7-18-30(26)39(31-19-8-5-14-27(31)37)29-17-6-3-12-25(29)34-32(39)20-21-33-35(34)28-16-9-15-23-22-10-1-2-11-24(22)38(42)40(33)36(23)28/h1-21H. The molecule has 0 amide bonds. The van der Waals surface area contributed by atoms with Gasteiger partial charge in [0.05, 0.1) is 16.4 Å². The largest absolute Gasteiger partial charge is 0.289 e. The first kappa shape index (κ1) is 22.2. The second-order valence-electron chi connectivity index (χ2n) is 11.5. The summed E-state index contributed by atoms with van der Waals surface area (Å²) in [6.45, 7) is 0. The molecule has 42 heavy (non-hydrogen) atoms. The van der Waals surface area contributed by atoms with E-state index in [4.69, 9.17) is 0 Å². The summed E-state index contributed by atoms with van der Waals surface area (Å²) in [6, 6.07) is 43.4. The molecular formula is C39H21NO2. The van der Waals surface area contributed by atoms with Gasteiger partial charge in [-0.3, -0.25) is 14.0 Å². The normalized spacial score (nSPS) is 14.5. The summed E-state index contributed by atoms with van der Waals surface area (Å²) in [6.07, 6.45) is 0. The number of carbonyl (C=O) groups is 1. The Labute approximate surface area is 240 Å². The third-order valence-corrected chi connectivity index (χ3v) is 9.76. The molecule has 2 heterocycles. The van der Waals surface area contributed by atoms with Gasteiger partial charge in [-0.15, -0.1) is 0 Å². The van der Waals surface area contributed by atoms with E-state index in [9.17, 15) is 9.59 Å². The van der Waals surface area contributed by atoms with Crippen molar-refractivity contribution in [3.8, 4) is 11.1 Å². The zero-order valence-electron chi connectivity index (χ0n) is 22.4. The first-order chi connectivity index (χ1) is 20.7. The molecule has 0 atom stereocenters. The van der Waals surface area contributed by atoms with Gasteiger partial charge in [-0.25, -0.2) is 0 Å². The van der Waals surface area contributed by atoms with Gasteiger partial charge in [-0.1, -0.05) is 115 Å². The quantitative estimate of drug-likeness (QED) is 0.184. The molecule has 2 aliphatic carbocycles. The van der Waals surface area contributed by atoms with Crippen LogP contribution in [-0.4, -0.2) is 10.2 Å². The lowest BCUT2D eigenvalue weighted by Gasteiger charge is -2.39. The number of aromatic nitrogens is 1. The average molecular weight is 536 g/mol. The third-order valence-electron chi connectivity index (χ3n) is 9.76. The minimum absolute atomic E-state index is 0.00389. The van der Waals surface area contributed by atoms with Crippen LogP contribution in [0, 0.1) is 0 Å². The molecule has 1 spiro atoms. The summed E-state index contributed by atoms with van der Waals surface area (Å²) < 4.78 is 1.92. The minimum atomic E-state index is -0.652. The van der Waals surface area contributed by atoms with Crippen molar-refractivity contribution in [1.82, 2.24) is 4.40 Å². The third kappa shape index (κ3) is 2.30. The molecule has 0 bridgehead atoms. The second kappa shape index (κ2) is 7.39. The van der Waals surface area contributed by atoms with Gasteiger partial charge in [0.25, 0.3) is 5.56 Å². The molecule has 194 valence electrons. The number of ketones is 1. The summed E-state index contributed by atoms with van der Waals surface area (Å²) in [5.41, 5.74) is 9.33. The van der Waals surface area contributed by atoms with Crippen LogP contribution in [0.15, 0.2) is 132 Å². The number of fused-ring (bicyclic) bond motifs is 15. The first-order valence-electron chi connectivity index (χ1n) is 14.3. The van der Waals surface area contributed by atoms with Crippen molar-refractivity contribution < 1.29 is 4.79 Å². The first-order valence-corrected chi connectivity index (χ1v) is 14.3. The summed E-state index contributed by atoms with van der Waals surface area (Å²) in [5.74, 6) is 0.0642. The SMILES string of the molecule is O=C1c2ccccc2C2(c3ccccc31)c1ccccc1-c1c2ccc2c1c1cccc3c4ccccc4c(=O)n2c31. The highest BCUT2D eigenvalue weighted by molar-refractivity contribution is 6.25. The maximum atomic E-state index is 14.1. The Morgan fingerprint density at radius 3 is 1.71 bits per heavy atom. The molecule has 0 aliphatic heterocycles. The van der Waals surface area contributed by atoms with E-state index in [0.717, 1.165) is 76.9 Å². The van der Waals surface area contributed by atoms with E-state index in [1.54, 1.807) is 0 Å². The van der Waals surface area contributed by atoms with Gasteiger partial charge in [0.1, 0.15) is 0 Å². The number of nitrogens with zero attached hydrogens (tertiary/aromatic N) is 1. The Hall–Kier alpha value is -5.54. The van der Waals surface area contributed by atoms with E-state index < -0.39 is 5.41 Å². The monoisotopic (exact) mass is 535 g/mol. The van der Waals surface area contributed by atoms with Gasteiger partial charge in [0.15, 0.2) is 5.78 Å². The van der Waals surface area contributed by atoms with Crippen LogP contribution in [0.4, 0.5) is 0 Å². The van der Waals surface area contributed by atoms with Crippen LogP contribution in [-0.2, 0) is 5.41 Å². The lowest BCUT2D eigenvalue weighted by Crippen LogP contribution is -2.36. The summed E-state index contributed by atoms with van der Waals surface area (Å²) in [7, 11) is 0. The molecule has 0 saturated heterocycles. The maximum absolute atomic E-state index is 14.1. The van der Waals surface area contributed by atoms with Crippen molar-refractivity contribution >= 4 is 43.7 Å². The molecule has 6 aromatic carbocycles. The highest BCUT2D eigenvalue weighted by Crippen LogP contribution is 2.61. The van der Waals surface area contributed by atoms with Crippen molar-refractivity contribution in [2.24, 2.45) is 0 Å². The highest BCUT2D eigenvalue weighted by Gasteiger charge is 2.52. The number of pyridine rings is 1. The molecule has 2 aromatic heterocycles. The van der Waals surface area contributed by atoms with Crippen LogP contribution >= 0.6 is 0 Å². The van der Waals surface area contributed by atoms with Crippen LogP contribution in [0.25, 0.3) is 49.1 Å². The smallest absolute Gasteiger partial charge is 0.263 e. The molecule has 3 nitrogen and oxygen atoms in total. The van der Waals surface area contributed by atoms with E-state index in [2.05, 4.69) is 66.7 Å². The van der Waals surface area contributed by atoms with E-state index >= 15 is 0 Å². The van der Waals surface area contributed by atoms with Gasteiger partial charge in [-0.2, -0.15) is 0 Å². The van der Waals surface area contributed by atoms with Gasteiger partial charge >= 0.3 is 0 Å². The van der Waals surface area contributed by atoms with Crippen molar-refractivity contribution in [2.75, 3.05) is 0 Å². The van der Waals surface area contributed by atoms with Crippen molar-refractivity contribution in [3.05, 3.63) is 171 Å². The van der Waals surface area contributed by atoms with E-state index in [-0.39, 0.29) is 11.3 Å². The maximum Gasteiger partial charge on any atom is 0.263 e. The predicted molar refractivity (Wildman–Crippen MR) is 168 cm³/mol. The topological polar surface area (TPSA) is 38.5 Å². The Kier molecular flexibility index (Phi) is 3.91. The van der Waals surface area contributed by atoms with Gasteiger partial charge < -0.3 is 0 Å². The molecule has 8 aromatic rings. The summed E-state index contributed by atoms with van der Waals surface area (Å²) in [5, 5.41) is 4.93. The van der Waals surface area contributed by atoms with Crippen LogP contribution in [0.5, 0.6) is 0 Å². The molecule has 0 unspecified atom stereocenters. The fourth-order valence-corrected chi connectivity index (χ4v) is 8.26. The summed E-state index contributed by atoms with van der Waals surface area (Å²) in [4.78, 5) is 27.9. The highest BCUT2D eigenvalue weighted by atomic mass is 16.1. The molecule has 3 heteroatoms. The van der Waals surface area contributed by atoms with Crippen LogP contribution < -0.4 is 5.56 Å². The molecule has 10 rings (SSSR count). The van der Waals surface area contributed by atoms with E-state index in [1.165, 1.54) is 5.56 Å². The molecule has 0 saturated carbocycles. The average Bonchev–Trinajstić information content (AvgIpc) is 3.54. The predicted octanol–water partition coefficient (Wildman–Crippen LogP) is 8.10. The number of benzene rings is 6. The number of hydrogen-bond donors (Lipinski definition) is 0. The van der Waals surface area contributed by atoms with Crippen LogP contribution in [0.1, 0.15) is 38.2 Å². The minimum Gasteiger partial charge on any atom is -0.289 e. The lowest BCUT2D eigenvalue weighted by atomic mass is 9.61. The number of rotatable bonds is 0. The van der Waals surface area contributed by atoms with Crippen molar-refractivity contribution in [3.63, 3.8) is 0 Å². The number of carbonyl (C=O) groups excluding carboxylic acids is 1. The molecule has 2 aliphatic rings. The number of hydrogen-bond acceptors (Lipinski definition) is 2. The summed E-state index contributed by atoms with van der Waals surface area (Å²) >= 11 is 0.